The van der Waals surface area contributed by atoms with Crippen LogP contribution in [0.2, 0.25) is 0 Å². The smallest absolute Gasteiger partial charge is 0.285 e. The van der Waals surface area contributed by atoms with E-state index in [1.54, 1.807) is 0 Å². The number of benzene rings is 1. The molecule has 0 aliphatic carbocycles. The minimum Gasteiger partial charge on any atom is -0.482 e. The monoisotopic (exact) mass is 428 g/mol. The minimum absolute atomic E-state index is 0.00852. The second-order valence-corrected chi connectivity index (χ2v) is 9.13. The Balaban J connectivity index is 1.53. The number of rotatable bonds is 3. The van der Waals surface area contributed by atoms with Crippen LogP contribution < -0.4 is 15.0 Å². The predicted octanol–water partition coefficient (Wildman–Crippen LogP) is 0.751. The number of aromatic nitrogens is 3. The molecule has 0 radical (unpaired) electrons. The van der Waals surface area contributed by atoms with Crippen LogP contribution in [0.3, 0.4) is 0 Å². The van der Waals surface area contributed by atoms with Crippen LogP contribution in [0.5, 0.6) is 5.75 Å². The van der Waals surface area contributed by atoms with E-state index in [0.717, 1.165) is 36.1 Å². The fourth-order valence-corrected chi connectivity index (χ4v) is 4.82. The number of amides is 1. The third-order valence-electron chi connectivity index (χ3n) is 5.31. The quantitative estimate of drug-likeness (QED) is 0.651. The number of piperazine rings is 1. The van der Waals surface area contributed by atoms with Crippen LogP contribution in [-0.2, 0) is 14.8 Å². The Kier molecular flexibility index (Phi) is 4.36. The van der Waals surface area contributed by atoms with E-state index >= 15 is 0 Å². The zero-order valence-corrected chi connectivity index (χ0v) is 17.1. The summed E-state index contributed by atoms with van der Waals surface area (Å²) in [6.07, 6.45) is 1.49. The van der Waals surface area contributed by atoms with Gasteiger partial charge in [0.05, 0.1) is 16.8 Å². The molecular weight excluding hydrogens is 408 g/mol. The molecule has 1 aromatic carbocycles. The molecule has 5 rings (SSSR count). The lowest BCUT2D eigenvalue weighted by atomic mass is 10.2. The molecule has 11 heteroatoms. The lowest BCUT2D eigenvalue weighted by molar-refractivity contribution is -0.118. The topological polar surface area (TPSA) is 110 Å². The van der Waals surface area contributed by atoms with Crippen molar-refractivity contribution < 1.29 is 17.9 Å². The summed E-state index contributed by atoms with van der Waals surface area (Å²) in [6, 6.07) is 8.04. The number of nitrogens with one attached hydrogen (secondary N) is 1. The first-order valence-corrected chi connectivity index (χ1v) is 11.0. The van der Waals surface area contributed by atoms with Gasteiger partial charge in [-0.15, -0.1) is 4.09 Å². The molecule has 1 amide bonds. The standard InChI is InChI=1S/C19H20N6O4S/c1-23-6-8-24(9-7-23)17-5-2-13-11-20-25(19(13)22-17)30(27,28)14-3-4-15-16(10-14)29-12-18(26)21-15/h2-5,10-11H,6-9,12H2,1H3,(H,21,26). The van der Waals surface area contributed by atoms with E-state index in [2.05, 4.69) is 32.2 Å². The third kappa shape index (κ3) is 3.15. The second kappa shape index (κ2) is 6.96. The number of ether oxygens (including phenoxy) is 1. The molecule has 1 saturated heterocycles. The van der Waals surface area contributed by atoms with Crippen LogP contribution in [0, 0.1) is 0 Å². The first-order chi connectivity index (χ1) is 14.4. The van der Waals surface area contributed by atoms with Crippen LogP contribution in [0.4, 0.5) is 11.5 Å². The van der Waals surface area contributed by atoms with Crippen molar-refractivity contribution in [1.82, 2.24) is 19.1 Å². The minimum atomic E-state index is -4.00. The first kappa shape index (κ1) is 18.8. The van der Waals surface area contributed by atoms with E-state index < -0.39 is 10.0 Å². The van der Waals surface area contributed by atoms with Crippen molar-refractivity contribution in [3.63, 3.8) is 0 Å². The van der Waals surface area contributed by atoms with Crippen LogP contribution in [0.25, 0.3) is 11.0 Å². The Bertz CT molecular complexity index is 1250. The zero-order valence-electron chi connectivity index (χ0n) is 16.3. The Labute approximate surface area is 173 Å². The van der Waals surface area contributed by atoms with E-state index in [4.69, 9.17) is 4.74 Å². The van der Waals surface area contributed by atoms with Gasteiger partial charge in [-0.1, -0.05) is 0 Å². The van der Waals surface area contributed by atoms with E-state index in [9.17, 15) is 13.2 Å². The number of likely N-dealkylation sites (N-methyl/N-ethyl adjacent to an activating group) is 1. The molecule has 30 heavy (non-hydrogen) atoms. The van der Waals surface area contributed by atoms with Crippen molar-refractivity contribution >= 4 is 38.5 Å². The number of nitrogens with zero attached hydrogens (tertiary/aromatic N) is 5. The third-order valence-corrected chi connectivity index (χ3v) is 6.88. The fourth-order valence-electron chi connectivity index (χ4n) is 3.58. The number of carbonyl (C=O) groups is 1. The van der Waals surface area contributed by atoms with E-state index in [1.165, 1.54) is 24.4 Å². The van der Waals surface area contributed by atoms with Gasteiger partial charge in [0.25, 0.3) is 15.9 Å². The number of carbonyl (C=O) groups excluding carboxylic acids is 1. The van der Waals surface area contributed by atoms with Crippen molar-refractivity contribution in [2.75, 3.05) is 50.1 Å². The first-order valence-electron chi connectivity index (χ1n) is 9.52. The predicted molar refractivity (Wildman–Crippen MR) is 110 cm³/mol. The Hall–Kier alpha value is -3.18. The van der Waals surface area contributed by atoms with Gasteiger partial charge < -0.3 is 19.9 Å². The molecule has 4 heterocycles. The molecule has 2 aliphatic rings. The SMILES string of the molecule is CN1CCN(c2ccc3cnn(S(=O)(=O)c4ccc5c(c4)OCC(=O)N5)c3n2)CC1. The molecule has 0 bridgehead atoms. The maximum Gasteiger partial charge on any atom is 0.285 e. The lowest BCUT2D eigenvalue weighted by Crippen LogP contribution is -2.44. The molecule has 10 nitrogen and oxygen atoms in total. The number of pyridine rings is 1. The summed E-state index contributed by atoms with van der Waals surface area (Å²) in [5.41, 5.74) is 0.712. The van der Waals surface area contributed by atoms with Crippen molar-refractivity contribution in [3.05, 3.63) is 36.5 Å². The normalized spacial score (nSPS) is 17.5. The maximum absolute atomic E-state index is 13.3. The summed E-state index contributed by atoms with van der Waals surface area (Å²) in [6.45, 7) is 3.33. The molecule has 0 atom stereocenters. The van der Waals surface area contributed by atoms with Gasteiger partial charge in [-0.25, -0.2) is 4.98 Å². The Morgan fingerprint density at radius 3 is 2.70 bits per heavy atom. The van der Waals surface area contributed by atoms with Gasteiger partial charge in [-0.3, -0.25) is 4.79 Å². The van der Waals surface area contributed by atoms with E-state index in [0.29, 0.717) is 16.8 Å². The molecule has 1 fully saturated rings. The summed E-state index contributed by atoms with van der Waals surface area (Å²) >= 11 is 0. The van der Waals surface area contributed by atoms with Crippen molar-refractivity contribution in [3.8, 4) is 5.75 Å². The Morgan fingerprint density at radius 1 is 1.10 bits per heavy atom. The lowest BCUT2D eigenvalue weighted by Gasteiger charge is -2.33. The van der Waals surface area contributed by atoms with Gasteiger partial charge in [-0.2, -0.15) is 13.5 Å². The largest absolute Gasteiger partial charge is 0.482 e. The average Bonchev–Trinajstić information content (AvgIpc) is 3.18. The van der Waals surface area contributed by atoms with Gasteiger partial charge in [0.1, 0.15) is 11.6 Å². The van der Waals surface area contributed by atoms with Gasteiger partial charge in [0.15, 0.2) is 12.3 Å². The number of anilines is 2. The molecule has 3 aromatic rings. The fraction of sp³-hybridized carbons (Fsp3) is 0.316. The van der Waals surface area contributed by atoms with Gasteiger partial charge in [0, 0.05) is 37.6 Å². The van der Waals surface area contributed by atoms with Crippen LogP contribution in [-0.4, -0.2) is 73.2 Å². The number of hydrogen-bond donors (Lipinski definition) is 1. The molecule has 2 aromatic heterocycles. The Morgan fingerprint density at radius 2 is 1.90 bits per heavy atom. The maximum atomic E-state index is 13.3. The molecule has 0 spiro atoms. The highest BCUT2D eigenvalue weighted by Gasteiger charge is 2.25. The van der Waals surface area contributed by atoms with Crippen LogP contribution >= 0.6 is 0 Å². The summed E-state index contributed by atoms with van der Waals surface area (Å²) in [5, 5.41) is 7.38. The number of hydrogen-bond acceptors (Lipinski definition) is 8. The molecule has 2 aliphatic heterocycles. The summed E-state index contributed by atoms with van der Waals surface area (Å²) in [4.78, 5) is 20.4. The highest BCUT2D eigenvalue weighted by atomic mass is 32.2. The van der Waals surface area contributed by atoms with Gasteiger partial charge in [-0.05, 0) is 31.3 Å². The van der Waals surface area contributed by atoms with Crippen molar-refractivity contribution in [2.45, 2.75) is 4.90 Å². The summed E-state index contributed by atoms with van der Waals surface area (Å²) in [7, 11) is -1.93. The number of fused-ring (bicyclic) bond motifs is 2. The van der Waals surface area contributed by atoms with Crippen molar-refractivity contribution in [1.29, 1.82) is 0 Å². The molecule has 156 valence electrons. The van der Waals surface area contributed by atoms with Gasteiger partial charge in [0.2, 0.25) is 0 Å². The van der Waals surface area contributed by atoms with E-state index in [1.807, 2.05) is 12.1 Å². The molecule has 0 unspecified atom stereocenters. The average molecular weight is 428 g/mol. The second-order valence-electron chi connectivity index (χ2n) is 7.36. The highest BCUT2D eigenvalue weighted by Crippen LogP contribution is 2.31. The van der Waals surface area contributed by atoms with Crippen LogP contribution in [0.15, 0.2) is 41.4 Å². The van der Waals surface area contributed by atoms with Crippen molar-refractivity contribution in [2.24, 2.45) is 0 Å². The van der Waals surface area contributed by atoms with Crippen LogP contribution in [0.1, 0.15) is 0 Å². The summed E-state index contributed by atoms with van der Waals surface area (Å²) in [5.74, 6) is 0.749. The van der Waals surface area contributed by atoms with Gasteiger partial charge >= 0.3 is 0 Å². The zero-order chi connectivity index (χ0) is 20.9. The molecular formula is C19H20N6O4S. The highest BCUT2D eigenvalue weighted by molar-refractivity contribution is 7.90. The summed E-state index contributed by atoms with van der Waals surface area (Å²) < 4.78 is 32.9. The molecule has 0 saturated carbocycles. The molecule has 1 N–H and O–H groups in total. The van der Waals surface area contributed by atoms with E-state index in [-0.39, 0.29) is 23.1 Å².